The number of carbonyl (C=O) groups is 1. The number of anilines is 1. The Balaban J connectivity index is 1.71. The van der Waals surface area contributed by atoms with E-state index in [2.05, 4.69) is 16.4 Å². The van der Waals surface area contributed by atoms with Gasteiger partial charge < -0.3 is 10.1 Å². The van der Waals surface area contributed by atoms with Gasteiger partial charge in [-0.2, -0.15) is 0 Å². The van der Waals surface area contributed by atoms with Crippen LogP contribution in [0.4, 0.5) is 5.69 Å². The van der Waals surface area contributed by atoms with Crippen molar-refractivity contribution < 1.29 is 9.53 Å². The van der Waals surface area contributed by atoms with Crippen molar-refractivity contribution in [2.75, 3.05) is 11.9 Å². The fourth-order valence-electron chi connectivity index (χ4n) is 2.16. The Hall–Kier alpha value is -2.18. The Morgan fingerprint density at radius 1 is 1.24 bits per heavy atom. The number of thiophene rings is 1. The molecule has 1 aliphatic rings. The number of thiazole rings is 1. The van der Waals surface area contributed by atoms with Crippen molar-refractivity contribution in [2.24, 2.45) is 0 Å². The van der Waals surface area contributed by atoms with Crippen molar-refractivity contribution in [3.05, 3.63) is 41.1 Å². The van der Waals surface area contributed by atoms with E-state index in [0.717, 1.165) is 16.3 Å². The first-order valence-corrected chi connectivity index (χ1v) is 8.12. The Kier molecular flexibility index (Phi) is 2.98. The van der Waals surface area contributed by atoms with Crippen molar-refractivity contribution >= 4 is 34.3 Å². The molecule has 3 heterocycles. The van der Waals surface area contributed by atoms with Gasteiger partial charge in [0.2, 0.25) is 0 Å². The van der Waals surface area contributed by atoms with Crippen LogP contribution in [0.3, 0.4) is 0 Å². The predicted molar refractivity (Wildman–Crippen MR) is 85.0 cm³/mol. The predicted octanol–water partition coefficient (Wildman–Crippen LogP) is 3.87. The molecule has 4 nitrogen and oxygen atoms in total. The molecular weight excluding hydrogens is 304 g/mol. The number of fused-ring (bicyclic) bond motifs is 1. The highest BCUT2D eigenvalue weighted by Crippen LogP contribution is 2.35. The molecule has 21 heavy (non-hydrogen) atoms. The van der Waals surface area contributed by atoms with Crippen LogP contribution in [0.1, 0.15) is 0 Å². The number of carbonyl (C=O) groups excluding carboxylic acids is 1. The maximum Gasteiger partial charge on any atom is 0.262 e. The number of amides is 1. The molecule has 0 radical (unpaired) electrons. The lowest BCUT2D eigenvalue weighted by molar-refractivity contribution is -0.118. The average molecular weight is 314 g/mol. The van der Waals surface area contributed by atoms with E-state index in [1.807, 2.05) is 35.0 Å². The summed E-state index contributed by atoms with van der Waals surface area (Å²) in [5.41, 5.74) is 2.58. The summed E-state index contributed by atoms with van der Waals surface area (Å²) in [7, 11) is 0. The van der Waals surface area contributed by atoms with Gasteiger partial charge in [-0.05, 0) is 29.6 Å². The van der Waals surface area contributed by atoms with E-state index in [1.54, 1.807) is 22.7 Å². The number of benzene rings is 1. The molecule has 4 rings (SSSR count). The summed E-state index contributed by atoms with van der Waals surface area (Å²) < 4.78 is 5.36. The van der Waals surface area contributed by atoms with E-state index in [1.165, 1.54) is 4.88 Å². The number of hydrogen-bond donors (Lipinski definition) is 1. The summed E-state index contributed by atoms with van der Waals surface area (Å²) in [6.07, 6.45) is 0. The molecule has 0 saturated carbocycles. The second kappa shape index (κ2) is 4.98. The lowest BCUT2D eigenvalue weighted by Gasteiger charge is -2.18. The van der Waals surface area contributed by atoms with Crippen LogP contribution in [-0.4, -0.2) is 17.5 Å². The molecule has 1 aliphatic heterocycles. The summed E-state index contributed by atoms with van der Waals surface area (Å²) in [6.45, 7) is 0.0750. The number of ether oxygens (including phenoxy) is 1. The van der Waals surface area contributed by atoms with Gasteiger partial charge in [-0.25, -0.2) is 4.98 Å². The quantitative estimate of drug-likeness (QED) is 0.781. The zero-order valence-corrected chi connectivity index (χ0v) is 12.5. The van der Waals surface area contributed by atoms with Gasteiger partial charge >= 0.3 is 0 Å². The Morgan fingerprint density at radius 2 is 2.19 bits per heavy atom. The largest absolute Gasteiger partial charge is 0.482 e. The number of hydrogen-bond acceptors (Lipinski definition) is 5. The number of aromatic nitrogens is 1. The molecule has 1 N–H and O–H groups in total. The SMILES string of the molecule is O=C1COc2ccc(-c3csc(-c4cccs4)n3)cc2N1. The second-order valence-electron chi connectivity index (χ2n) is 4.56. The van der Waals surface area contributed by atoms with Gasteiger partial charge in [0, 0.05) is 10.9 Å². The van der Waals surface area contributed by atoms with E-state index >= 15 is 0 Å². The molecule has 0 spiro atoms. The molecule has 0 fully saturated rings. The van der Waals surface area contributed by atoms with Crippen LogP contribution in [0.15, 0.2) is 41.1 Å². The topological polar surface area (TPSA) is 51.2 Å². The van der Waals surface area contributed by atoms with Crippen LogP contribution in [0.25, 0.3) is 21.1 Å². The third-order valence-corrected chi connectivity index (χ3v) is 5.03. The van der Waals surface area contributed by atoms with Crippen LogP contribution >= 0.6 is 22.7 Å². The van der Waals surface area contributed by atoms with E-state index < -0.39 is 0 Å². The summed E-state index contributed by atoms with van der Waals surface area (Å²) in [6, 6.07) is 9.82. The summed E-state index contributed by atoms with van der Waals surface area (Å²) in [5, 5.41) is 7.90. The third kappa shape index (κ3) is 2.32. The van der Waals surface area contributed by atoms with Gasteiger partial charge in [-0.3, -0.25) is 4.79 Å². The normalized spacial score (nSPS) is 13.4. The zero-order chi connectivity index (χ0) is 14.2. The minimum Gasteiger partial charge on any atom is -0.482 e. The monoisotopic (exact) mass is 314 g/mol. The smallest absolute Gasteiger partial charge is 0.262 e. The minimum atomic E-state index is -0.128. The first kappa shape index (κ1) is 12.6. The van der Waals surface area contributed by atoms with Gasteiger partial charge in [0.1, 0.15) is 10.8 Å². The van der Waals surface area contributed by atoms with Gasteiger partial charge in [-0.1, -0.05) is 6.07 Å². The molecule has 0 unspecified atom stereocenters. The molecular formula is C15H10N2O2S2. The second-order valence-corrected chi connectivity index (χ2v) is 6.37. The van der Waals surface area contributed by atoms with Crippen molar-refractivity contribution in [3.8, 4) is 26.9 Å². The minimum absolute atomic E-state index is 0.0750. The lowest BCUT2D eigenvalue weighted by Crippen LogP contribution is -2.25. The van der Waals surface area contributed by atoms with Crippen molar-refractivity contribution in [2.45, 2.75) is 0 Å². The van der Waals surface area contributed by atoms with Crippen LogP contribution < -0.4 is 10.1 Å². The van der Waals surface area contributed by atoms with E-state index in [-0.39, 0.29) is 12.5 Å². The summed E-state index contributed by atoms with van der Waals surface area (Å²) in [5.74, 6) is 0.573. The average Bonchev–Trinajstić information content (AvgIpc) is 3.17. The number of rotatable bonds is 2. The fraction of sp³-hybridized carbons (Fsp3) is 0.0667. The van der Waals surface area contributed by atoms with Gasteiger partial charge in [-0.15, -0.1) is 22.7 Å². The van der Waals surface area contributed by atoms with E-state index in [0.29, 0.717) is 11.4 Å². The summed E-state index contributed by atoms with van der Waals surface area (Å²) >= 11 is 3.30. The Morgan fingerprint density at radius 3 is 3.05 bits per heavy atom. The molecule has 104 valence electrons. The zero-order valence-electron chi connectivity index (χ0n) is 10.8. The van der Waals surface area contributed by atoms with Gasteiger partial charge in [0.25, 0.3) is 5.91 Å². The molecule has 0 bridgehead atoms. The molecule has 0 saturated heterocycles. The van der Waals surface area contributed by atoms with Crippen molar-refractivity contribution in [1.29, 1.82) is 0 Å². The fourth-order valence-corrected chi connectivity index (χ4v) is 3.81. The molecule has 1 amide bonds. The highest BCUT2D eigenvalue weighted by molar-refractivity contribution is 7.20. The highest BCUT2D eigenvalue weighted by atomic mass is 32.1. The molecule has 1 aromatic carbocycles. The lowest BCUT2D eigenvalue weighted by atomic mass is 10.1. The number of nitrogens with zero attached hydrogens (tertiary/aromatic N) is 1. The maximum absolute atomic E-state index is 11.4. The standard InChI is InChI=1S/C15H10N2O2S2/c18-14-7-19-12-4-3-9(6-10(12)16-14)11-8-21-15(17-11)13-2-1-5-20-13/h1-6,8H,7H2,(H,16,18). The van der Waals surface area contributed by atoms with Crippen molar-refractivity contribution in [1.82, 2.24) is 4.98 Å². The van der Waals surface area contributed by atoms with Crippen LogP contribution in [-0.2, 0) is 4.79 Å². The first-order chi connectivity index (χ1) is 10.3. The van der Waals surface area contributed by atoms with Crippen molar-refractivity contribution in [3.63, 3.8) is 0 Å². The van der Waals surface area contributed by atoms with Gasteiger partial charge in [0.05, 0.1) is 16.3 Å². The Bertz CT molecular complexity index is 809. The van der Waals surface area contributed by atoms with E-state index in [9.17, 15) is 4.79 Å². The maximum atomic E-state index is 11.4. The van der Waals surface area contributed by atoms with Crippen LogP contribution in [0.2, 0.25) is 0 Å². The molecule has 0 aliphatic carbocycles. The molecule has 6 heteroatoms. The third-order valence-electron chi connectivity index (χ3n) is 3.14. The molecule has 2 aromatic heterocycles. The van der Waals surface area contributed by atoms with E-state index in [4.69, 9.17) is 4.74 Å². The first-order valence-electron chi connectivity index (χ1n) is 6.36. The Labute approximate surface area is 129 Å². The van der Waals surface area contributed by atoms with Crippen LogP contribution in [0, 0.1) is 0 Å². The molecule has 0 atom stereocenters. The highest BCUT2D eigenvalue weighted by Gasteiger charge is 2.17. The van der Waals surface area contributed by atoms with Crippen LogP contribution in [0.5, 0.6) is 5.75 Å². The van der Waals surface area contributed by atoms with Gasteiger partial charge in [0.15, 0.2) is 6.61 Å². The number of nitrogens with one attached hydrogen (secondary N) is 1. The molecule has 3 aromatic rings. The summed E-state index contributed by atoms with van der Waals surface area (Å²) in [4.78, 5) is 17.2.